The first-order valence-corrected chi connectivity index (χ1v) is 7.55. The number of hydrogen-bond acceptors (Lipinski definition) is 2. The topological polar surface area (TPSA) is 30.2 Å². The van der Waals surface area contributed by atoms with Crippen LogP contribution in [0, 0.1) is 13.8 Å². The van der Waals surface area contributed by atoms with Crippen LogP contribution in [-0.4, -0.2) is 14.6 Å². The van der Waals surface area contributed by atoms with Gasteiger partial charge in [0.05, 0.1) is 17.6 Å². The predicted octanol–water partition coefficient (Wildman–Crippen LogP) is 5.33. The summed E-state index contributed by atoms with van der Waals surface area (Å²) in [6.07, 6.45) is 1.82. The zero-order valence-corrected chi connectivity index (χ0v) is 14.0. The van der Waals surface area contributed by atoms with E-state index in [2.05, 4.69) is 10.1 Å². The number of fused-ring (bicyclic) bond motifs is 1. The van der Waals surface area contributed by atoms with Crippen LogP contribution in [0.25, 0.3) is 5.65 Å². The number of imidazole rings is 1. The Balaban J connectivity index is 0. The second-order valence-electron chi connectivity index (χ2n) is 3.80. The molecule has 0 bridgehead atoms. The second-order valence-corrected chi connectivity index (χ2v) is 3.80. The molecule has 2 heterocycles. The molecule has 0 unspecified atom stereocenters. The van der Waals surface area contributed by atoms with Gasteiger partial charge < -0.3 is 0 Å². The van der Waals surface area contributed by atoms with E-state index in [4.69, 9.17) is 0 Å². The average Bonchev–Trinajstić information content (AvgIpc) is 2.94. The third-order valence-corrected chi connectivity index (χ3v) is 2.33. The van der Waals surface area contributed by atoms with Gasteiger partial charge in [0.2, 0.25) is 0 Å². The SMILES string of the molecule is CC.CC.Cc1ccc2ncc(C)n2n1.[2HH].c1ccccc1. The van der Waals surface area contributed by atoms with E-state index in [9.17, 15) is 0 Å². The van der Waals surface area contributed by atoms with Crippen LogP contribution in [0.2, 0.25) is 0 Å². The fourth-order valence-electron chi connectivity index (χ4n) is 1.46. The summed E-state index contributed by atoms with van der Waals surface area (Å²) in [5.41, 5.74) is 3.00. The van der Waals surface area contributed by atoms with E-state index in [1.165, 1.54) is 0 Å². The van der Waals surface area contributed by atoms with Gasteiger partial charge in [-0.15, -0.1) is 0 Å². The molecule has 0 aliphatic rings. The van der Waals surface area contributed by atoms with Crippen LogP contribution in [0.5, 0.6) is 0 Å². The Labute approximate surface area is 130 Å². The van der Waals surface area contributed by atoms with Crippen LogP contribution >= 0.6 is 0 Å². The molecule has 21 heavy (non-hydrogen) atoms. The van der Waals surface area contributed by atoms with Crippen LogP contribution in [0.4, 0.5) is 0 Å². The van der Waals surface area contributed by atoms with E-state index < -0.39 is 0 Å². The molecule has 0 atom stereocenters. The molecule has 0 aliphatic carbocycles. The lowest BCUT2D eigenvalue weighted by Crippen LogP contribution is -1.94. The van der Waals surface area contributed by atoms with E-state index >= 15 is 0 Å². The lowest BCUT2D eigenvalue weighted by molar-refractivity contribution is 0.870. The van der Waals surface area contributed by atoms with Crippen molar-refractivity contribution in [3.63, 3.8) is 0 Å². The first kappa shape index (κ1) is 18.8. The van der Waals surface area contributed by atoms with Crippen molar-refractivity contribution in [1.82, 2.24) is 14.6 Å². The first-order chi connectivity index (χ1) is 10.3. The molecule has 0 aliphatic heterocycles. The van der Waals surface area contributed by atoms with Gasteiger partial charge in [-0.05, 0) is 26.0 Å². The van der Waals surface area contributed by atoms with Crippen LogP contribution < -0.4 is 0 Å². The summed E-state index contributed by atoms with van der Waals surface area (Å²) in [4.78, 5) is 4.16. The van der Waals surface area contributed by atoms with Gasteiger partial charge >= 0.3 is 0 Å². The summed E-state index contributed by atoms with van der Waals surface area (Å²) in [5.74, 6) is 0. The van der Waals surface area contributed by atoms with Gasteiger partial charge in [0.15, 0.2) is 5.65 Å². The molecular formula is C18H29N3. The number of aromatic nitrogens is 3. The number of aryl methyl sites for hydroxylation is 2. The van der Waals surface area contributed by atoms with Crippen molar-refractivity contribution < 1.29 is 1.43 Å². The smallest absolute Gasteiger partial charge is 0.153 e. The minimum atomic E-state index is 0. The van der Waals surface area contributed by atoms with E-state index in [0.717, 1.165) is 17.0 Å². The Morgan fingerprint density at radius 1 is 0.810 bits per heavy atom. The second kappa shape index (κ2) is 11.6. The molecule has 1 aromatic carbocycles. The monoisotopic (exact) mass is 288 g/mol. The molecular weight excluding hydrogens is 258 g/mol. The number of nitrogens with zero attached hydrogens (tertiary/aromatic N) is 3. The molecule has 3 heteroatoms. The minimum Gasteiger partial charge on any atom is -0.235 e. The zero-order valence-electron chi connectivity index (χ0n) is 14.0. The quantitative estimate of drug-likeness (QED) is 0.559. The van der Waals surface area contributed by atoms with Crippen molar-refractivity contribution in [1.29, 1.82) is 0 Å². The molecule has 0 radical (unpaired) electrons. The molecule has 3 rings (SSSR count). The van der Waals surface area contributed by atoms with Crippen LogP contribution in [0.3, 0.4) is 0 Å². The number of hydrogen-bond donors (Lipinski definition) is 0. The highest BCUT2D eigenvalue weighted by molar-refractivity contribution is 5.38. The van der Waals surface area contributed by atoms with E-state index in [-0.39, 0.29) is 1.43 Å². The molecule has 3 nitrogen and oxygen atoms in total. The standard InChI is InChI=1S/C8H9N3.C6H6.2C2H6.H2/c1-6-3-4-8-9-5-7(2)11(8)10-6;1-2-4-6-5-3-1;2*1-2;/h3-5H,1-2H3;1-6H;2*1-2H3;1H/i;;;;1+1. The van der Waals surface area contributed by atoms with E-state index in [1.807, 2.05) is 101 Å². The maximum atomic E-state index is 4.29. The highest BCUT2D eigenvalue weighted by Crippen LogP contribution is 2.03. The number of rotatable bonds is 0. The summed E-state index contributed by atoms with van der Waals surface area (Å²) in [7, 11) is 0. The zero-order chi connectivity index (χ0) is 16.1. The highest BCUT2D eigenvalue weighted by atomic mass is 15.3. The van der Waals surface area contributed by atoms with Gasteiger partial charge in [0, 0.05) is 1.43 Å². The molecule has 0 N–H and O–H groups in total. The Hall–Kier alpha value is -2.16. The van der Waals surface area contributed by atoms with Gasteiger partial charge in [0.1, 0.15) is 0 Å². The molecule has 0 fully saturated rings. The average molecular weight is 288 g/mol. The van der Waals surface area contributed by atoms with Crippen molar-refractivity contribution in [2.24, 2.45) is 0 Å². The fourth-order valence-corrected chi connectivity index (χ4v) is 1.46. The lowest BCUT2D eigenvalue weighted by Gasteiger charge is -1.95. The maximum Gasteiger partial charge on any atom is 0.153 e. The normalized spacial score (nSPS) is 8.48. The largest absolute Gasteiger partial charge is 0.235 e. The molecule has 0 saturated heterocycles. The Bertz CT molecular complexity index is 565. The summed E-state index contributed by atoms with van der Waals surface area (Å²) in [6, 6.07) is 15.9. The van der Waals surface area contributed by atoms with Crippen molar-refractivity contribution in [3.8, 4) is 0 Å². The van der Waals surface area contributed by atoms with Gasteiger partial charge in [0.25, 0.3) is 0 Å². The fraction of sp³-hybridized carbons (Fsp3) is 0.333. The summed E-state index contributed by atoms with van der Waals surface area (Å²) in [5, 5.41) is 4.29. The number of benzene rings is 1. The summed E-state index contributed by atoms with van der Waals surface area (Å²) >= 11 is 0. The molecule has 0 amide bonds. The van der Waals surface area contributed by atoms with Gasteiger partial charge in [-0.25, -0.2) is 9.50 Å². The first-order valence-electron chi connectivity index (χ1n) is 7.55. The van der Waals surface area contributed by atoms with Crippen LogP contribution in [0.1, 0.15) is 40.5 Å². The lowest BCUT2D eigenvalue weighted by atomic mass is 10.4. The minimum absolute atomic E-state index is 0. The third kappa shape index (κ3) is 6.70. The molecule has 0 saturated carbocycles. The van der Waals surface area contributed by atoms with Crippen molar-refractivity contribution in [2.45, 2.75) is 41.5 Å². The summed E-state index contributed by atoms with van der Waals surface area (Å²) in [6.45, 7) is 12.0. The summed E-state index contributed by atoms with van der Waals surface area (Å²) < 4.78 is 1.84. The Kier molecular flexibility index (Phi) is 10.5. The van der Waals surface area contributed by atoms with E-state index in [1.54, 1.807) is 0 Å². The van der Waals surface area contributed by atoms with Gasteiger partial charge in [-0.3, -0.25) is 0 Å². The molecule has 3 aromatic rings. The highest BCUT2D eigenvalue weighted by Gasteiger charge is 1.97. The molecule has 2 aromatic heterocycles. The van der Waals surface area contributed by atoms with Crippen molar-refractivity contribution in [2.75, 3.05) is 0 Å². The van der Waals surface area contributed by atoms with Crippen LogP contribution in [0.15, 0.2) is 54.7 Å². The molecule has 0 spiro atoms. The van der Waals surface area contributed by atoms with Crippen molar-refractivity contribution in [3.05, 3.63) is 66.1 Å². The Morgan fingerprint density at radius 2 is 1.29 bits per heavy atom. The maximum absolute atomic E-state index is 4.29. The predicted molar refractivity (Wildman–Crippen MR) is 93.7 cm³/mol. The van der Waals surface area contributed by atoms with E-state index in [0.29, 0.717) is 0 Å². The van der Waals surface area contributed by atoms with Crippen molar-refractivity contribution >= 4 is 5.65 Å². The van der Waals surface area contributed by atoms with Gasteiger partial charge in [-0.1, -0.05) is 64.1 Å². The third-order valence-electron chi connectivity index (χ3n) is 2.33. The van der Waals surface area contributed by atoms with Gasteiger partial charge in [-0.2, -0.15) is 5.10 Å². The Morgan fingerprint density at radius 3 is 1.76 bits per heavy atom. The molecule has 116 valence electrons. The van der Waals surface area contributed by atoms with Crippen LogP contribution in [-0.2, 0) is 0 Å².